The Balaban J connectivity index is 1.74. The molecule has 0 unspecified atom stereocenters. The molecule has 2 aliphatic rings. The third kappa shape index (κ3) is 3.45. The van der Waals surface area contributed by atoms with Gasteiger partial charge in [0.25, 0.3) is 5.91 Å². The van der Waals surface area contributed by atoms with Crippen LogP contribution in [0.3, 0.4) is 0 Å². The van der Waals surface area contributed by atoms with Crippen molar-refractivity contribution >= 4 is 23.5 Å². The number of anilines is 1. The van der Waals surface area contributed by atoms with Crippen LogP contribution in [-0.2, 0) is 9.59 Å². The molecule has 26 heavy (non-hydrogen) atoms. The fraction of sp³-hybridized carbons (Fsp3) is 0.550. The van der Waals surface area contributed by atoms with E-state index in [0.29, 0.717) is 30.6 Å². The van der Waals surface area contributed by atoms with Crippen LogP contribution in [0.25, 0.3) is 0 Å². The van der Waals surface area contributed by atoms with E-state index in [-0.39, 0.29) is 18.4 Å². The van der Waals surface area contributed by atoms with Gasteiger partial charge in [0.05, 0.1) is 0 Å². The molecule has 0 radical (unpaired) electrons. The van der Waals surface area contributed by atoms with Gasteiger partial charge in [0, 0.05) is 18.8 Å². The molecule has 1 aromatic rings. The minimum Gasteiger partial charge on any atom is -0.341 e. The van der Waals surface area contributed by atoms with E-state index < -0.39 is 12.1 Å². The molecule has 0 aliphatic carbocycles. The number of carbonyl (C=O) groups excluding carboxylic acids is 3. The quantitative estimate of drug-likeness (QED) is 0.782. The maximum absolute atomic E-state index is 12.8. The van der Waals surface area contributed by atoms with Gasteiger partial charge in [-0.15, -0.1) is 0 Å². The molecule has 0 bridgehead atoms. The fourth-order valence-electron chi connectivity index (χ4n) is 4.01. The summed E-state index contributed by atoms with van der Waals surface area (Å²) in [5.41, 5.74) is 1.76. The molecular formula is C20H27N3O3. The third-order valence-electron chi connectivity index (χ3n) is 5.27. The van der Waals surface area contributed by atoms with Crippen molar-refractivity contribution in [1.29, 1.82) is 0 Å². The maximum atomic E-state index is 12.8. The van der Waals surface area contributed by atoms with Gasteiger partial charge in [-0.1, -0.05) is 31.5 Å². The Hall–Kier alpha value is -2.37. The highest BCUT2D eigenvalue weighted by Gasteiger charge is 2.44. The summed E-state index contributed by atoms with van der Waals surface area (Å²) < 4.78 is 0. The van der Waals surface area contributed by atoms with Crippen LogP contribution >= 0.6 is 0 Å². The van der Waals surface area contributed by atoms with Gasteiger partial charge in [-0.3, -0.25) is 19.4 Å². The van der Waals surface area contributed by atoms with E-state index in [1.807, 2.05) is 31.2 Å². The number of urea groups is 1. The second-order valence-electron chi connectivity index (χ2n) is 7.83. The predicted molar refractivity (Wildman–Crippen MR) is 99.8 cm³/mol. The largest absolute Gasteiger partial charge is 0.341 e. The van der Waals surface area contributed by atoms with E-state index >= 15 is 0 Å². The van der Waals surface area contributed by atoms with E-state index in [1.54, 1.807) is 11.8 Å². The first kappa shape index (κ1) is 18.4. The van der Waals surface area contributed by atoms with Crippen LogP contribution in [-0.4, -0.2) is 53.3 Å². The average molecular weight is 357 g/mol. The maximum Gasteiger partial charge on any atom is 0.332 e. The second kappa shape index (κ2) is 7.09. The van der Waals surface area contributed by atoms with E-state index in [0.717, 1.165) is 16.9 Å². The molecule has 2 heterocycles. The Kier molecular flexibility index (Phi) is 5.03. The predicted octanol–water partition coefficient (Wildman–Crippen LogP) is 2.66. The first-order valence-corrected chi connectivity index (χ1v) is 9.27. The lowest BCUT2D eigenvalue weighted by atomic mass is 9.92. The van der Waals surface area contributed by atoms with Crippen molar-refractivity contribution in [2.45, 2.75) is 40.2 Å². The van der Waals surface area contributed by atoms with Gasteiger partial charge in [0.15, 0.2) is 0 Å². The number of amides is 4. The fourth-order valence-corrected chi connectivity index (χ4v) is 4.01. The molecule has 4 amide bonds. The lowest BCUT2D eigenvalue weighted by Gasteiger charge is -2.35. The first-order valence-electron chi connectivity index (χ1n) is 9.27. The molecule has 140 valence electrons. The SMILES string of the molecule is Cc1ccc(N2C(=O)N(CC(=O)N3C[C@H](C)C[C@H](C)C3)C(=O)[C@H]2C)cc1. The Morgan fingerprint density at radius 3 is 2.19 bits per heavy atom. The number of likely N-dealkylation sites (tertiary alicyclic amines) is 1. The number of hydrogen-bond acceptors (Lipinski definition) is 3. The van der Waals surface area contributed by atoms with E-state index in [9.17, 15) is 14.4 Å². The van der Waals surface area contributed by atoms with E-state index in [1.165, 1.54) is 4.90 Å². The van der Waals surface area contributed by atoms with Gasteiger partial charge >= 0.3 is 6.03 Å². The minimum absolute atomic E-state index is 0.150. The van der Waals surface area contributed by atoms with Crippen molar-refractivity contribution in [2.24, 2.45) is 11.8 Å². The molecule has 6 nitrogen and oxygen atoms in total. The molecule has 2 saturated heterocycles. The molecule has 0 N–H and O–H groups in total. The van der Waals surface area contributed by atoms with E-state index in [4.69, 9.17) is 0 Å². The molecule has 0 aromatic heterocycles. The third-order valence-corrected chi connectivity index (χ3v) is 5.27. The average Bonchev–Trinajstić information content (AvgIpc) is 2.78. The summed E-state index contributed by atoms with van der Waals surface area (Å²) in [7, 11) is 0. The first-order chi connectivity index (χ1) is 12.3. The van der Waals surface area contributed by atoms with Crippen molar-refractivity contribution in [3.05, 3.63) is 29.8 Å². The molecule has 6 heteroatoms. The summed E-state index contributed by atoms with van der Waals surface area (Å²) in [6.07, 6.45) is 1.10. The Labute approximate surface area is 154 Å². The van der Waals surface area contributed by atoms with Gasteiger partial charge in [0.1, 0.15) is 12.6 Å². The number of benzene rings is 1. The number of rotatable bonds is 3. The van der Waals surface area contributed by atoms with Crippen LogP contribution in [0.15, 0.2) is 24.3 Å². The lowest BCUT2D eigenvalue weighted by Crippen LogP contribution is -2.48. The van der Waals surface area contributed by atoms with Gasteiger partial charge in [0.2, 0.25) is 5.91 Å². The Morgan fingerprint density at radius 1 is 1.04 bits per heavy atom. The van der Waals surface area contributed by atoms with Crippen molar-refractivity contribution in [3.63, 3.8) is 0 Å². The standard InChI is InChI=1S/C20H27N3O3/c1-13-5-7-17(8-6-13)23-16(4)19(25)22(20(23)26)12-18(24)21-10-14(2)9-15(3)11-21/h5-8,14-16H,9-12H2,1-4H3/t14-,15+,16-/m1/s1. The molecule has 3 atom stereocenters. The van der Waals surface area contributed by atoms with Crippen molar-refractivity contribution < 1.29 is 14.4 Å². The van der Waals surface area contributed by atoms with Crippen molar-refractivity contribution in [3.8, 4) is 0 Å². The monoisotopic (exact) mass is 357 g/mol. The highest BCUT2D eigenvalue weighted by molar-refractivity contribution is 6.15. The summed E-state index contributed by atoms with van der Waals surface area (Å²) in [5.74, 6) is 0.413. The summed E-state index contributed by atoms with van der Waals surface area (Å²) in [6, 6.07) is 6.45. The summed E-state index contributed by atoms with van der Waals surface area (Å²) >= 11 is 0. The van der Waals surface area contributed by atoms with Gasteiger partial charge in [-0.25, -0.2) is 4.79 Å². The van der Waals surface area contributed by atoms with Gasteiger partial charge < -0.3 is 4.90 Å². The summed E-state index contributed by atoms with van der Waals surface area (Å²) in [4.78, 5) is 42.5. The smallest absolute Gasteiger partial charge is 0.332 e. The van der Waals surface area contributed by atoms with Gasteiger partial charge in [-0.05, 0) is 44.2 Å². The highest BCUT2D eigenvalue weighted by Crippen LogP contribution is 2.27. The van der Waals surface area contributed by atoms with Crippen LogP contribution in [0.2, 0.25) is 0 Å². The molecular weight excluding hydrogens is 330 g/mol. The molecule has 3 rings (SSSR count). The number of piperidine rings is 1. The highest BCUT2D eigenvalue weighted by atomic mass is 16.2. The van der Waals surface area contributed by atoms with Crippen LogP contribution in [0.1, 0.15) is 32.8 Å². The zero-order valence-corrected chi connectivity index (χ0v) is 15.9. The molecule has 2 fully saturated rings. The van der Waals surface area contributed by atoms with Crippen LogP contribution < -0.4 is 4.90 Å². The van der Waals surface area contributed by atoms with Crippen molar-refractivity contribution in [1.82, 2.24) is 9.80 Å². The minimum atomic E-state index is -0.600. The second-order valence-corrected chi connectivity index (χ2v) is 7.83. The van der Waals surface area contributed by atoms with Gasteiger partial charge in [-0.2, -0.15) is 0 Å². The zero-order valence-electron chi connectivity index (χ0n) is 15.9. The Bertz CT molecular complexity index is 706. The number of hydrogen-bond donors (Lipinski definition) is 0. The van der Waals surface area contributed by atoms with E-state index in [2.05, 4.69) is 13.8 Å². The zero-order chi connectivity index (χ0) is 19.0. The van der Waals surface area contributed by atoms with Crippen LogP contribution in [0, 0.1) is 18.8 Å². The van der Waals surface area contributed by atoms with Crippen molar-refractivity contribution in [2.75, 3.05) is 24.5 Å². The number of carbonyl (C=O) groups is 3. The Morgan fingerprint density at radius 2 is 1.62 bits per heavy atom. The topological polar surface area (TPSA) is 60.9 Å². The molecule has 0 saturated carbocycles. The number of aryl methyl sites for hydroxylation is 1. The molecule has 0 spiro atoms. The molecule has 2 aliphatic heterocycles. The van der Waals surface area contributed by atoms with Crippen LogP contribution in [0.4, 0.5) is 10.5 Å². The van der Waals surface area contributed by atoms with Crippen LogP contribution in [0.5, 0.6) is 0 Å². The lowest BCUT2D eigenvalue weighted by molar-refractivity contribution is -0.139. The summed E-state index contributed by atoms with van der Waals surface area (Å²) in [6.45, 7) is 9.13. The number of nitrogens with zero attached hydrogens (tertiary/aromatic N) is 3. The number of imide groups is 1. The normalized spacial score (nSPS) is 26.6. The summed E-state index contributed by atoms with van der Waals surface area (Å²) in [5, 5.41) is 0. The molecule has 1 aromatic carbocycles.